The van der Waals surface area contributed by atoms with Crippen molar-refractivity contribution in [1.29, 1.82) is 0 Å². The molecule has 2 radical (unpaired) electrons. The number of allylic oxidation sites excluding steroid dienone is 4. The number of benzene rings is 4. The zero-order valence-corrected chi connectivity index (χ0v) is 60.9. The van der Waals surface area contributed by atoms with E-state index >= 15 is 0 Å². The van der Waals surface area contributed by atoms with Crippen molar-refractivity contribution in [2.75, 3.05) is 13.2 Å². The number of carbonyl (C=O) groups excluding carboxylic acids is 2. The van der Waals surface area contributed by atoms with Gasteiger partial charge < -0.3 is 29.7 Å². The number of hydrogen-bond acceptors (Lipinski definition) is 8. The van der Waals surface area contributed by atoms with Crippen LogP contribution < -0.4 is 9.47 Å². The van der Waals surface area contributed by atoms with Gasteiger partial charge in [0.15, 0.2) is 11.6 Å². The van der Waals surface area contributed by atoms with Gasteiger partial charge in [-0.25, -0.2) is 0 Å². The predicted molar refractivity (Wildman–Crippen MR) is 343 cm³/mol. The maximum absolute atomic E-state index is 11.4. The van der Waals surface area contributed by atoms with Gasteiger partial charge in [-0.05, 0) is 229 Å². The first-order valence-electron chi connectivity index (χ1n) is 28.6. The van der Waals surface area contributed by atoms with E-state index in [9.17, 15) is 19.8 Å². The van der Waals surface area contributed by atoms with Crippen molar-refractivity contribution in [3.63, 3.8) is 0 Å². The summed E-state index contributed by atoms with van der Waals surface area (Å²) >= 11 is 7.34. The summed E-state index contributed by atoms with van der Waals surface area (Å²) in [5.74, 6) is 1.78. The molecule has 0 spiro atoms. The molecule has 0 unspecified atom stereocenters. The van der Waals surface area contributed by atoms with Gasteiger partial charge in [0, 0.05) is 75.6 Å². The van der Waals surface area contributed by atoms with Crippen molar-refractivity contribution in [2.45, 2.75) is 196 Å². The van der Waals surface area contributed by atoms with Crippen LogP contribution in [-0.4, -0.2) is 45.0 Å². The Kier molecular flexibility index (Phi) is 28.3. The van der Waals surface area contributed by atoms with Crippen LogP contribution in [0.3, 0.4) is 0 Å². The number of hydrogen-bond donors (Lipinski definition) is 2. The molecule has 0 aliphatic heterocycles. The number of unbranched alkanes of at least 4 members (excludes halogenated alkanes) is 4. The van der Waals surface area contributed by atoms with Crippen LogP contribution in [0.25, 0.3) is 33.6 Å². The topological polar surface area (TPSA) is 119 Å². The number of fused-ring (bicyclic) bond motifs is 3. The molecule has 83 heavy (non-hydrogen) atoms. The summed E-state index contributed by atoms with van der Waals surface area (Å²) in [5.41, 5.74) is 30.6. The first-order chi connectivity index (χ1) is 38.0. The summed E-state index contributed by atoms with van der Waals surface area (Å²) in [6.07, 6.45) is 6.95. The number of ketones is 2. The van der Waals surface area contributed by atoms with E-state index in [1.165, 1.54) is 103 Å². The second-order valence-electron chi connectivity index (χ2n) is 22.5. The number of Topliss-reactive ketones (excluding diaryl/α,β-unsaturated/α-hetero) is 2. The zero-order valence-electron chi connectivity index (χ0n) is 52.9. The Morgan fingerprint density at radius 1 is 0.458 bits per heavy atom. The molecule has 0 saturated heterocycles. The molecule has 1 aliphatic rings. The number of carbonyl (C=O) groups is 2. The fourth-order valence-electron chi connectivity index (χ4n) is 10.0. The van der Waals surface area contributed by atoms with Crippen LogP contribution in [0.4, 0.5) is 0 Å². The minimum absolute atomic E-state index is 0. The Morgan fingerprint density at radius 2 is 0.783 bits per heavy atom. The van der Waals surface area contributed by atoms with E-state index in [1.807, 2.05) is 0 Å². The Bertz CT molecular complexity index is 3100. The third-order valence-corrected chi connectivity index (χ3v) is 18.6. The summed E-state index contributed by atoms with van der Waals surface area (Å²) in [6.45, 7) is 41.9. The van der Waals surface area contributed by atoms with Crippen LogP contribution in [0.15, 0.2) is 55.9 Å². The monoisotopic (exact) mass is 1610 g/mol. The van der Waals surface area contributed by atoms with Gasteiger partial charge in [-0.1, -0.05) is 77.6 Å². The number of nitrogens with zero attached hydrogens (tertiary/aromatic N) is 2. The van der Waals surface area contributed by atoms with Crippen molar-refractivity contribution in [1.82, 2.24) is 9.97 Å². The smallest absolute Gasteiger partial charge is 0.158 e. The normalized spacial score (nSPS) is 11.8. The summed E-state index contributed by atoms with van der Waals surface area (Å²) < 4.78 is 14.1. The van der Waals surface area contributed by atoms with Crippen molar-refractivity contribution in [3.05, 3.63) is 168 Å². The third kappa shape index (κ3) is 17.8. The number of ether oxygens (including phenoxy) is 2. The zero-order chi connectivity index (χ0) is 60.5. The van der Waals surface area contributed by atoms with Gasteiger partial charge in [-0.2, -0.15) is 0 Å². The molecular formula is C71H88Br2Ir2N2O6-2. The van der Waals surface area contributed by atoms with Crippen molar-refractivity contribution in [3.8, 4) is 45.1 Å². The molecule has 8 nitrogen and oxygen atoms in total. The third-order valence-electron chi connectivity index (χ3n) is 17.4. The van der Waals surface area contributed by atoms with Crippen molar-refractivity contribution < 1.29 is 69.5 Å². The molecule has 452 valence electrons. The standard InChI is InChI=1S/C33H40Br2O6.2C19H24N.2Ir/c1-20(22(3)36)30(38)11-7-5-9-13-40-32-18-26-24(16-28(32)34)15-25-17-29(35)33(19-27(25)26)41-14-10-6-8-12-31(39)21(2)23(4)37;2*1-10-9-18(15(6)12(3)11(10)2)19-16(7)13(4)14(5)17(8)20-19;;/h16-19,38-39H,5-15H2,1-4H3;2*1-8H3;;/q;2*-1;;/b30-20-,31-21?;;;;. The number of pyridine rings is 2. The first-order valence-corrected chi connectivity index (χ1v) is 30.2. The maximum atomic E-state index is 11.4. The largest absolute Gasteiger partial charge is 0.512 e. The molecule has 1 aliphatic carbocycles. The van der Waals surface area contributed by atoms with Gasteiger partial charge in [0.05, 0.1) is 33.7 Å². The van der Waals surface area contributed by atoms with Crippen LogP contribution in [0, 0.1) is 123 Å². The predicted octanol–water partition coefficient (Wildman–Crippen LogP) is 19.5. The Balaban J connectivity index is 0.000000359. The molecule has 0 amide bonds. The molecule has 0 atom stereocenters. The molecule has 12 heteroatoms. The van der Waals surface area contributed by atoms with Crippen LogP contribution in [0.2, 0.25) is 0 Å². The fraction of sp³-hybridized carbons (Fsp3) is 0.437. The van der Waals surface area contributed by atoms with Gasteiger partial charge in [-0.15, -0.1) is 67.8 Å². The fourth-order valence-corrected chi connectivity index (χ4v) is 11.0. The minimum Gasteiger partial charge on any atom is -0.512 e. The average molecular weight is 1610 g/mol. The Labute approximate surface area is 541 Å². The summed E-state index contributed by atoms with van der Waals surface area (Å²) in [4.78, 5) is 32.4. The van der Waals surface area contributed by atoms with Gasteiger partial charge >= 0.3 is 0 Å². The molecule has 7 rings (SSSR count). The molecule has 0 bridgehead atoms. The van der Waals surface area contributed by atoms with E-state index in [-0.39, 0.29) is 63.3 Å². The van der Waals surface area contributed by atoms with E-state index in [0.29, 0.717) is 37.2 Å². The first kappa shape index (κ1) is 72.7. The Morgan fingerprint density at radius 3 is 1.11 bits per heavy atom. The SMILES string of the molecule is CC(=O)C(C)=C(O)CCCCCOc1cc2c(cc1Br)Cc1cc(Br)c(OCCCCC/C(O)=C(\C)C(C)=O)cc1-2.Cc1[c-]c(-c2nc(C)c(C)c(C)c2C)c(C)c(C)c1C.Cc1[c-]c(-c2nc(C)c(C)c(C)c2C)c(C)c(C)c1C.[Ir].[Ir]. The van der Waals surface area contributed by atoms with E-state index in [4.69, 9.17) is 19.4 Å². The number of aromatic nitrogens is 2. The van der Waals surface area contributed by atoms with Crippen molar-refractivity contribution in [2.24, 2.45) is 0 Å². The molecule has 2 aromatic heterocycles. The van der Waals surface area contributed by atoms with Gasteiger partial charge in [0.1, 0.15) is 11.5 Å². The minimum atomic E-state index is -0.0941. The van der Waals surface area contributed by atoms with E-state index in [0.717, 1.165) is 110 Å². The van der Waals surface area contributed by atoms with E-state index in [2.05, 4.69) is 179 Å². The number of aliphatic hydroxyl groups excluding tert-OH is 2. The van der Waals surface area contributed by atoms with Gasteiger partial charge in [0.25, 0.3) is 0 Å². The van der Waals surface area contributed by atoms with E-state index in [1.54, 1.807) is 13.8 Å². The van der Waals surface area contributed by atoms with E-state index < -0.39 is 0 Å². The molecule has 6 aromatic rings. The summed E-state index contributed by atoms with van der Waals surface area (Å²) in [5, 5.41) is 20.0. The molecule has 2 N–H and O–H groups in total. The molecule has 2 heterocycles. The quantitative estimate of drug-likeness (QED) is 0.0377. The van der Waals surface area contributed by atoms with Crippen LogP contribution in [0.5, 0.6) is 11.5 Å². The van der Waals surface area contributed by atoms with Crippen molar-refractivity contribution >= 4 is 43.4 Å². The van der Waals surface area contributed by atoms with Crippen LogP contribution in [0.1, 0.15) is 179 Å². The van der Waals surface area contributed by atoms with Gasteiger partial charge in [-0.3, -0.25) is 9.59 Å². The number of rotatable bonds is 18. The second kappa shape index (κ2) is 32.3. The maximum Gasteiger partial charge on any atom is 0.158 e. The molecule has 4 aromatic carbocycles. The second-order valence-corrected chi connectivity index (χ2v) is 24.2. The van der Waals surface area contributed by atoms with Crippen LogP contribution >= 0.6 is 31.9 Å². The average Bonchev–Trinajstić information content (AvgIpc) is 3.78. The number of aryl methyl sites for hydroxylation is 4. The number of aliphatic hydroxyl groups is 2. The molecular weight excluding hydrogens is 1520 g/mol. The van der Waals surface area contributed by atoms with Crippen LogP contribution in [-0.2, 0) is 56.2 Å². The Hall–Kier alpha value is -4.54. The molecule has 0 saturated carbocycles. The summed E-state index contributed by atoms with van der Waals surface area (Å²) in [6, 6.07) is 15.6. The summed E-state index contributed by atoms with van der Waals surface area (Å²) in [7, 11) is 0. The number of halogens is 2. The van der Waals surface area contributed by atoms with Gasteiger partial charge in [0.2, 0.25) is 0 Å². The molecule has 0 fully saturated rings.